The first-order chi connectivity index (χ1) is 12.5. The second kappa shape index (κ2) is 5.35. The molecule has 2 aliphatic carbocycles. The summed E-state index contributed by atoms with van der Waals surface area (Å²) in [6.45, 7) is 4.81. The van der Waals surface area contributed by atoms with Crippen molar-refractivity contribution < 1.29 is 19.1 Å². The van der Waals surface area contributed by atoms with E-state index in [-0.39, 0.29) is 23.6 Å². The van der Waals surface area contributed by atoms with Gasteiger partial charge in [0, 0.05) is 17.8 Å². The van der Waals surface area contributed by atoms with Crippen molar-refractivity contribution in [3.05, 3.63) is 29.8 Å². The largest absolute Gasteiger partial charge is 0.454 e. The van der Waals surface area contributed by atoms with Crippen molar-refractivity contribution in [2.75, 3.05) is 6.79 Å². The van der Waals surface area contributed by atoms with Crippen LogP contribution in [0.3, 0.4) is 0 Å². The van der Waals surface area contributed by atoms with E-state index >= 15 is 0 Å². The Morgan fingerprint density at radius 2 is 2.00 bits per heavy atom. The Hall–Kier alpha value is -2.30. The summed E-state index contributed by atoms with van der Waals surface area (Å²) in [5.74, 6) is 2.58. The van der Waals surface area contributed by atoms with Crippen LogP contribution in [-0.4, -0.2) is 23.9 Å². The van der Waals surface area contributed by atoms with Crippen molar-refractivity contribution in [2.45, 2.75) is 45.1 Å². The van der Waals surface area contributed by atoms with Crippen LogP contribution in [0, 0.1) is 17.3 Å². The third-order valence-corrected chi connectivity index (χ3v) is 7.06. The fourth-order valence-electron chi connectivity index (χ4n) is 5.36. The van der Waals surface area contributed by atoms with Crippen molar-refractivity contribution in [2.24, 2.45) is 22.4 Å². The molecule has 0 saturated heterocycles. The molecular formula is C21H23NO4. The minimum absolute atomic E-state index is 0.0712. The molecule has 3 atom stereocenters. The fraction of sp³-hybridized carbons (Fsp3) is 0.524. The number of hydrogen-bond acceptors (Lipinski definition) is 5. The van der Waals surface area contributed by atoms with Crippen LogP contribution >= 0.6 is 0 Å². The Balaban J connectivity index is 1.31. The predicted octanol–water partition coefficient (Wildman–Crippen LogP) is 3.97. The Morgan fingerprint density at radius 1 is 1.19 bits per heavy atom. The Morgan fingerprint density at radius 3 is 2.81 bits per heavy atom. The minimum atomic E-state index is -0.284. The second-order valence-electron chi connectivity index (χ2n) is 8.43. The molecule has 26 heavy (non-hydrogen) atoms. The van der Waals surface area contributed by atoms with Gasteiger partial charge in [-0.05, 0) is 49.0 Å². The van der Waals surface area contributed by atoms with E-state index in [1.807, 2.05) is 18.2 Å². The third kappa shape index (κ3) is 2.09. The summed E-state index contributed by atoms with van der Waals surface area (Å²) in [6, 6.07) is 5.64. The number of carbonyl (C=O) groups is 1. The highest BCUT2D eigenvalue weighted by Crippen LogP contribution is 2.65. The molecule has 136 valence electrons. The molecule has 0 aromatic heterocycles. The first-order valence-electron chi connectivity index (χ1n) is 9.37. The highest BCUT2D eigenvalue weighted by molar-refractivity contribution is 6.45. The number of nitrogens with zero attached hydrogens (tertiary/aromatic N) is 1. The highest BCUT2D eigenvalue weighted by atomic mass is 16.7. The van der Waals surface area contributed by atoms with E-state index < -0.39 is 0 Å². The summed E-state index contributed by atoms with van der Waals surface area (Å²) in [5.41, 5.74) is 1.23. The SMILES string of the molecule is CC1(C)[C@@H]2CC[C@@H](C2)C12CC(C(=O)/C=C/c1ccc3c(c1)OCO3)=NO2. The lowest BCUT2D eigenvalue weighted by molar-refractivity contribution is -0.135. The molecule has 2 saturated carbocycles. The average molecular weight is 353 g/mol. The summed E-state index contributed by atoms with van der Waals surface area (Å²) in [4.78, 5) is 18.6. The number of hydrogen-bond donors (Lipinski definition) is 0. The first-order valence-corrected chi connectivity index (χ1v) is 9.37. The molecule has 5 rings (SSSR count). The number of benzene rings is 1. The number of oxime groups is 1. The van der Waals surface area contributed by atoms with Crippen molar-refractivity contribution in [1.29, 1.82) is 0 Å². The molecule has 0 N–H and O–H groups in total. The van der Waals surface area contributed by atoms with Gasteiger partial charge in [0.1, 0.15) is 5.71 Å². The van der Waals surface area contributed by atoms with E-state index in [9.17, 15) is 4.79 Å². The van der Waals surface area contributed by atoms with Gasteiger partial charge in [-0.15, -0.1) is 0 Å². The van der Waals surface area contributed by atoms with Crippen molar-refractivity contribution in [1.82, 2.24) is 0 Å². The van der Waals surface area contributed by atoms with Crippen LogP contribution in [-0.2, 0) is 9.63 Å². The summed E-state index contributed by atoms with van der Waals surface area (Å²) >= 11 is 0. The van der Waals surface area contributed by atoms with Gasteiger partial charge in [0.05, 0.1) is 0 Å². The number of rotatable bonds is 3. The minimum Gasteiger partial charge on any atom is -0.454 e. The van der Waals surface area contributed by atoms with Gasteiger partial charge in [-0.3, -0.25) is 4.79 Å². The molecule has 4 aliphatic rings. The van der Waals surface area contributed by atoms with Gasteiger partial charge in [0.25, 0.3) is 0 Å². The lowest BCUT2D eigenvalue weighted by Gasteiger charge is -2.44. The van der Waals surface area contributed by atoms with E-state index in [4.69, 9.17) is 14.3 Å². The zero-order valence-electron chi connectivity index (χ0n) is 15.2. The second-order valence-corrected chi connectivity index (χ2v) is 8.43. The van der Waals surface area contributed by atoms with E-state index in [1.54, 1.807) is 12.2 Å². The fourth-order valence-corrected chi connectivity index (χ4v) is 5.36. The summed E-state index contributed by atoms with van der Waals surface area (Å²) in [7, 11) is 0. The number of allylic oxidation sites excluding steroid dienone is 1. The van der Waals surface area contributed by atoms with Crippen molar-refractivity contribution in [3.8, 4) is 11.5 Å². The molecular weight excluding hydrogens is 330 g/mol. The Bertz CT molecular complexity index is 840. The normalized spacial score (nSPS) is 33.1. The monoisotopic (exact) mass is 353 g/mol. The highest BCUT2D eigenvalue weighted by Gasteiger charge is 2.67. The molecule has 1 aromatic rings. The van der Waals surface area contributed by atoms with Gasteiger partial charge < -0.3 is 14.3 Å². The third-order valence-electron chi connectivity index (χ3n) is 7.06. The van der Waals surface area contributed by atoms with Gasteiger partial charge in [-0.2, -0.15) is 0 Å². The maximum Gasteiger partial charge on any atom is 0.231 e. The Labute approximate surface area is 153 Å². The summed E-state index contributed by atoms with van der Waals surface area (Å²) in [6.07, 6.45) is 7.68. The molecule has 2 fully saturated rings. The number of carbonyl (C=O) groups excluding carboxylic acids is 1. The van der Waals surface area contributed by atoms with E-state index in [0.717, 1.165) is 11.3 Å². The van der Waals surface area contributed by atoms with E-state index in [2.05, 4.69) is 19.0 Å². The van der Waals surface area contributed by atoms with Crippen molar-refractivity contribution in [3.63, 3.8) is 0 Å². The summed E-state index contributed by atoms with van der Waals surface area (Å²) in [5, 5.41) is 4.23. The van der Waals surface area contributed by atoms with Crippen LogP contribution in [0.1, 0.15) is 45.1 Å². The van der Waals surface area contributed by atoms with Gasteiger partial charge in [-0.25, -0.2) is 0 Å². The van der Waals surface area contributed by atoms with Crippen molar-refractivity contribution >= 4 is 17.6 Å². The number of fused-ring (bicyclic) bond motifs is 4. The van der Waals surface area contributed by atoms with Gasteiger partial charge >= 0.3 is 0 Å². The molecule has 2 aliphatic heterocycles. The summed E-state index contributed by atoms with van der Waals surface area (Å²) < 4.78 is 10.7. The zero-order valence-corrected chi connectivity index (χ0v) is 15.2. The first kappa shape index (κ1) is 15.9. The van der Waals surface area contributed by atoms with E-state index in [0.29, 0.717) is 29.7 Å². The number of ether oxygens (including phenoxy) is 2. The van der Waals surface area contributed by atoms with Crippen LogP contribution in [0.2, 0.25) is 0 Å². The van der Waals surface area contributed by atoms with Crippen LogP contribution in [0.15, 0.2) is 29.4 Å². The molecule has 2 bridgehead atoms. The Kier molecular flexibility index (Phi) is 3.27. The maximum absolute atomic E-state index is 12.7. The molecule has 5 nitrogen and oxygen atoms in total. The molecule has 5 heteroatoms. The molecule has 1 aromatic carbocycles. The smallest absolute Gasteiger partial charge is 0.231 e. The van der Waals surface area contributed by atoms with E-state index in [1.165, 1.54) is 19.3 Å². The van der Waals surface area contributed by atoms with Gasteiger partial charge in [0.15, 0.2) is 17.1 Å². The topological polar surface area (TPSA) is 57.1 Å². The van der Waals surface area contributed by atoms with Gasteiger partial charge in [0.2, 0.25) is 12.6 Å². The molecule has 0 amide bonds. The molecule has 1 spiro atoms. The van der Waals surface area contributed by atoms with Crippen LogP contribution in [0.4, 0.5) is 0 Å². The maximum atomic E-state index is 12.7. The zero-order chi connectivity index (χ0) is 17.9. The van der Waals surface area contributed by atoms with Crippen LogP contribution in [0.5, 0.6) is 11.5 Å². The standard InChI is InChI=1S/C21H23NO4/c1-20(2)14-5-6-15(10-14)21(20)11-16(22-26-21)17(23)7-3-13-4-8-18-19(9-13)25-12-24-18/h3-4,7-9,14-15H,5-6,10-12H2,1-2H3/b7-3+/t14-,15+,21?/m1/s1. The number of ketones is 1. The quantitative estimate of drug-likeness (QED) is 0.772. The van der Waals surface area contributed by atoms with Crippen LogP contribution < -0.4 is 9.47 Å². The lowest BCUT2D eigenvalue weighted by atomic mass is 9.63. The van der Waals surface area contributed by atoms with Gasteiger partial charge in [-0.1, -0.05) is 31.1 Å². The average Bonchev–Trinajstić information content (AvgIpc) is 3.39. The predicted molar refractivity (Wildman–Crippen MR) is 97.1 cm³/mol. The molecule has 1 unspecified atom stereocenters. The van der Waals surface area contributed by atoms with Crippen LogP contribution in [0.25, 0.3) is 6.08 Å². The molecule has 0 radical (unpaired) electrons. The molecule has 2 heterocycles. The lowest BCUT2D eigenvalue weighted by Crippen LogP contribution is -2.49.